The summed E-state index contributed by atoms with van der Waals surface area (Å²) in [6.07, 6.45) is 12.8. The highest BCUT2D eigenvalue weighted by Gasteiger charge is 2.20. The van der Waals surface area contributed by atoms with Gasteiger partial charge in [-0.3, -0.25) is 0 Å². The molecule has 3 aromatic carbocycles. The Labute approximate surface area is 201 Å². The zero-order valence-corrected chi connectivity index (χ0v) is 20.0. The molecule has 0 unspecified atom stereocenters. The van der Waals surface area contributed by atoms with Crippen LogP contribution in [0.15, 0.2) is 48.5 Å². The molecule has 0 spiro atoms. The van der Waals surface area contributed by atoms with Crippen molar-refractivity contribution in [2.45, 2.75) is 71.1 Å². The first-order valence-electron chi connectivity index (χ1n) is 12.7. The number of hydrogen-bond acceptors (Lipinski definition) is 0. The van der Waals surface area contributed by atoms with E-state index in [-0.39, 0.29) is 11.2 Å². The first-order chi connectivity index (χ1) is 16.5. The van der Waals surface area contributed by atoms with Gasteiger partial charge in [0.15, 0.2) is 11.6 Å². The molecule has 1 fully saturated rings. The fourth-order valence-corrected chi connectivity index (χ4v) is 5.16. The first-order valence-corrected chi connectivity index (χ1v) is 12.7. The summed E-state index contributed by atoms with van der Waals surface area (Å²) in [5.74, 6) is 5.47. The van der Waals surface area contributed by atoms with Crippen molar-refractivity contribution in [3.63, 3.8) is 0 Å². The number of halogens is 3. The minimum atomic E-state index is -0.872. The van der Waals surface area contributed by atoms with Crippen molar-refractivity contribution in [3.05, 3.63) is 82.7 Å². The Hall–Kier alpha value is -2.73. The van der Waals surface area contributed by atoms with Crippen molar-refractivity contribution in [2.75, 3.05) is 0 Å². The average molecular weight is 463 g/mol. The molecule has 0 bridgehead atoms. The van der Waals surface area contributed by atoms with Crippen LogP contribution in [0.25, 0.3) is 10.8 Å². The maximum Gasteiger partial charge on any atom is 0.166 e. The molecule has 1 aliphatic rings. The van der Waals surface area contributed by atoms with E-state index in [1.807, 2.05) is 6.07 Å². The smallest absolute Gasteiger partial charge is 0.166 e. The van der Waals surface area contributed by atoms with Crippen molar-refractivity contribution in [2.24, 2.45) is 11.8 Å². The zero-order valence-electron chi connectivity index (χ0n) is 20.0. The van der Waals surface area contributed by atoms with E-state index in [1.54, 1.807) is 24.3 Å². The van der Waals surface area contributed by atoms with E-state index < -0.39 is 11.6 Å². The van der Waals surface area contributed by atoms with Gasteiger partial charge in [0.2, 0.25) is 0 Å². The van der Waals surface area contributed by atoms with Gasteiger partial charge in [-0.05, 0) is 66.0 Å². The topological polar surface area (TPSA) is 0 Å². The molecular formula is C31H33F3. The van der Waals surface area contributed by atoms with Gasteiger partial charge in [-0.2, -0.15) is 0 Å². The zero-order chi connectivity index (χ0) is 23.9. The molecule has 0 heterocycles. The summed E-state index contributed by atoms with van der Waals surface area (Å²) in [5.41, 5.74) is 2.00. The lowest BCUT2D eigenvalue weighted by molar-refractivity contribution is 0.249. The summed E-state index contributed by atoms with van der Waals surface area (Å²) < 4.78 is 41.9. The maximum atomic E-state index is 14.7. The quantitative estimate of drug-likeness (QED) is 0.243. The summed E-state index contributed by atoms with van der Waals surface area (Å²) >= 11 is 0. The summed E-state index contributed by atoms with van der Waals surface area (Å²) in [4.78, 5) is 0. The highest BCUT2D eigenvalue weighted by Crippen LogP contribution is 2.34. The fraction of sp³-hybridized carbons (Fsp3) is 0.419. The van der Waals surface area contributed by atoms with Crippen LogP contribution in [0.5, 0.6) is 0 Å². The van der Waals surface area contributed by atoms with E-state index in [4.69, 9.17) is 0 Å². The Morgan fingerprint density at radius 1 is 0.765 bits per heavy atom. The van der Waals surface area contributed by atoms with Gasteiger partial charge in [0.25, 0.3) is 0 Å². The third kappa shape index (κ3) is 6.23. The van der Waals surface area contributed by atoms with Crippen molar-refractivity contribution in [1.29, 1.82) is 0 Å². The van der Waals surface area contributed by atoms with Gasteiger partial charge in [-0.15, -0.1) is 0 Å². The van der Waals surface area contributed by atoms with Crippen LogP contribution < -0.4 is 0 Å². The fourth-order valence-electron chi connectivity index (χ4n) is 5.16. The lowest BCUT2D eigenvalue weighted by atomic mass is 9.78. The van der Waals surface area contributed by atoms with E-state index >= 15 is 0 Å². The molecule has 0 N–H and O–H groups in total. The van der Waals surface area contributed by atoms with Crippen LogP contribution in [0, 0.1) is 41.1 Å². The number of hydrogen-bond donors (Lipinski definition) is 0. The molecule has 34 heavy (non-hydrogen) atoms. The molecule has 1 saturated carbocycles. The predicted molar refractivity (Wildman–Crippen MR) is 134 cm³/mol. The first kappa shape index (κ1) is 24.4. The van der Waals surface area contributed by atoms with E-state index in [0.29, 0.717) is 16.5 Å². The van der Waals surface area contributed by atoms with E-state index in [0.717, 1.165) is 36.3 Å². The molecular weight excluding hydrogens is 429 g/mol. The summed E-state index contributed by atoms with van der Waals surface area (Å²) in [6.45, 7) is 2.26. The minimum Gasteiger partial charge on any atom is -0.206 e. The molecule has 3 aromatic rings. The maximum absolute atomic E-state index is 14.7. The molecule has 0 nitrogen and oxygen atoms in total. The normalized spacial score (nSPS) is 18.0. The second-order valence-electron chi connectivity index (χ2n) is 9.78. The van der Waals surface area contributed by atoms with E-state index in [9.17, 15) is 13.2 Å². The van der Waals surface area contributed by atoms with E-state index in [2.05, 4.69) is 18.8 Å². The standard InChI is InChI=1S/C31H33F3/c1-2-3-4-5-22-6-8-23(9-7-22)10-11-25-13-16-26(30(33)21-25)15-12-24-14-18-28-27(20-24)17-19-29(32)31(28)34/h13-14,16-23H,2-11H2,1H3. The van der Waals surface area contributed by atoms with Crippen LogP contribution in [0.3, 0.4) is 0 Å². The lowest BCUT2D eigenvalue weighted by Crippen LogP contribution is -2.15. The Kier molecular flexibility index (Phi) is 8.33. The van der Waals surface area contributed by atoms with E-state index in [1.165, 1.54) is 63.5 Å². The number of unbranched alkanes of at least 4 members (excludes halogenated alkanes) is 2. The Morgan fingerprint density at radius 2 is 1.53 bits per heavy atom. The lowest BCUT2D eigenvalue weighted by Gasteiger charge is -2.28. The van der Waals surface area contributed by atoms with Gasteiger partial charge in [0.1, 0.15) is 5.82 Å². The third-order valence-electron chi connectivity index (χ3n) is 7.31. The van der Waals surface area contributed by atoms with Gasteiger partial charge in [0.05, 0.1) is 5.56 Å². The minimum absolute atomic E-state index is 0.214. The number of aryl methyl sites for hydroxylation is 1. The second-order valence-corrected chi connectivity index (χ2v) is 9.78. The SMILES string of the molecule is CCCCCC1CCC(CCc2ccc(C#Cc3ccc4c(F)c(F)ccc4c3)c(F)c2)CC1. The molecule has 0 radical (unpaired) electrons. The average Bonchev–Trinajstić information content (AvgIpc) is 2.85. The predicted octanol–water partition coefficient (Wildman–Crippen LogP) is 8.98. The molecule has 1 aliphatic carbocycles. The molecule has 0 saturated heterocycles. The summed E-state index contributed by atoms with van der Waals surface area (Å²) in [6, 6.07) is 12.8. The number of fused-ring (bicyclic) bond motifs is 1. The number of rotatable bonds is 7. The molecule has 4 rings (SSSR count). The Bertz CT molecular complexity index is 1180. The molecule has 0 amide bonds. The van der Waals surface area contributed by atoms with Crippen molar-refractivity contribution in [3.8, 4) is 11.8 Å². The van der Waals surface area contributed by atoms with Gasteiger partial charge >= 0.3 is 0 Å². The Balaban J connectivity index is 1.32. The van der Waals surface area contributed by atoms with Crippen LogP contribution in [0.2, 0.25) is 0 Å². The molecule has 0 aliphatic heterocycles. The van der Waals surface area contributed by atoms with Crippen LogP contribution in [-0.4, -0.2) is 0 Å². The van der Waals surface area contributed by atoms with Gasteiger partial charge in [0, 0.05) is 10.9 Å². The van der Waals surface area contributed by atoms with Crippen LogP contribution in [0.1, 0.15) is 81.4 Å². The van der Waals surface area contributed by atoms with Gasteiger partial charge < -0.3 is 0 Å². The molecule has 3 heteroatoms. The molecule has 0 atom stereocenters. The Morgan fingerprint density at radius 3 is 2.26 bits per heavy atom. The van der Waals surface area contributed by atoms with Crippen LogP contribution in [-0.2, 0) is 6.42 Å². The van der Waals surface area contributed by atoms with Gasteiger partial charge in [-0.25, -0.2) is 13.2 Å². The molecule has 178 valence electrons. The van der Waals surface area contributed by atoms with Crippen molar-refractivity contribution >= 4 is 10.8 Å². The number of benzene rings is 3. The highest BCUT2D eigenvalue weighted by molar-refractivity contribution is 5.84. The van der Waals surface area contributed by atoms with Crippen LogP contribution >= 0.6 is 0 Å². The molecule has 0 aromatic heterocycles. The largest absolute Gasteiger partial charge is 0.206 e. The van der Waals surface area contributed by atoms with Crippen LogP contribution in [0.4, 0.5) is 13.2 Å². The van der Waals surface area contributed by atoms with Crippen molar-refractivity contribution < 1.29 is 13.2 Å². The second kappa shape index (κ2) is 11.6. The monoisotopic (exact) mass is 462 g/mol. The third-order valence-corrected chi connectivity index (χ3v) is 7.31. The summed E-state index contributed by atoms with van der Waals surface area (Å²) in [7, 11) is 0. The summed E-state index contributed by atoms with van der Waals surface area (Å²) in [5, 5.41) is 0.780. The highest BCUT2D eigenvalue weighted by atomic mass is 19.2. The van der Waals surface area contributed by atoms with Gasteiger partial charge in [-0.1, -0.05) is 88.3 Å². The van der Waals surface area contributed by atoms with Crippen molar-refractivity contribution in [1.82, 2.24) is 0 Å².